The minimum absolute atomic E-state index is 0.259. The normalized spacial score (nSPS) is 12.0. The summed E-state index contributed by atoms with van der Waals surface area (Å²) in [6.45, 7) is 0.668. The van der Waals surface area contributed by atoms with Crippen LogP contribution in [0.15, 0.2) is 36.4 Å². The Kier molecular flexibility index (Phi) is 3.52. The first-order chi connectivity index (χ1) is 10.3. The van der Waals surface area contributed by atoms with E-state index in [9.17, 15) is 0 Å². The van der Waals surface area contributed by atoms with Crippen LogP contribution in [0, 0.1) is 11.3 Å². The van der Waals surface area contributed by atoms with Crippen LogP contribution in [0.3, 0.4) is 0 Å². The highest BCUT2D eigenvalue weighted by Crippen LogP contribution is 2.32. The predicted molar refractivity (Wildman–Crippen MR) is 77.1 cm³/mol. The van der Waals surface area contributed by atoms with Crippen LogP contribution >= 0.6 is 0 Å². The van der Waals surface area contributed by atoms with Gasteiger partial charge >= 0.3 is 0 Å². The van der Waals surface area contributed by atoms with Gasteiger partial charge in [0.15, 0.2) is 11.5 Å². The molecule has 1 aliphatic rings. The Morgan fingerprint density at radius 2 is 2.00 bits per heavy atom. The molecule has 0 saturated carbocycles. The number of benzene rings is 2. The number of rotatable bonds is 4. The highest BCUT2D eigenvalue weighted by atomic mass is 16.7. The number of nitrogens with zero attached hydrogens (tertiary/aromatic N) is 1. The number of ether oxygens (including phenoxy) is 3. The fourth-order valence-corrected chi connectivity index (χ4v) is 2.11. The van der Waals surface area contributed by atoms with Crippen molar-refractivity contribution in [1.29, 1.82) is 5.26 Å². The predicted octanol–water partition coefficient (Wildman–Crippen LogP) is 2.64. The van der Waals surface area contributed by atoms with Crippen LogP contribution in [-0.4, -0.2) is 6.79 Å². The van der Waals surface area contributed by atoms with Gasteiger partial charge in [-0.05, 0) is 41.5 Å². The molecule has 2 aromatic rings. The average molecular weight is 282 g/mol. The lowest BCUT2D eigenvalue weighted by Crippen LogP contribution is -1.98. The highest BCUT2D eigenvalue weighted by molar-refractivity contribution is 5.51. The Hall–Kier alpha value is -2.87. The molecule has 2 N–H and O–H groups in total. The van der Waals surface area contributed by atoms with Crippen molar-refractivity contribution in [2.75, 3.05) is 12.5 Å². The zero-order chi connectivity index (χ0) is 14.7. The van der Waals surface area contributed by atoms with Gasteiger partial charge in [-0.2, -0.15) is 5.26 Å². The van der Waals surface area contributed by atoms with Gasteiger partial charge in [0.25, 0.3) is 0 Å². The molecule has 0 spiro atoms. The van der Waals surface area contributed by atoms with Gasteiger partial charge in [-0.15, -0.1) is 0 Å². The van der Waals surface area contributed by atoms with Crippen LogP contribution in [0.2, 0.25) is 0 Å². The summed E-state index contributed by atoms with van der Waals surface area (Å²) in [7, 11) is 0. The summed E-state index contributed by atoms with van der Waals surface area (Å²) in [5, 5.41) is 8.76. The molecule has 1 aliphatic heterocycles. The summed E-state index contributed by atoms with van der Waals surface area (Å²) in [5.74, 6) is 2.17. The summed E-state index contributed by atoms with van der Waals surface area (Å²) in [6, 6.07) is 13.1. The van der Waals surface area contributed by atoms with Crippen molar-refractivity contribution in [3.05, 3.63) is 47.5 Å². The fraction of sp³-hybridized carbons (Fsp3) is 0.188. The second-order valence-corrected chi connectivity index (χ2v) is 4.67. The Bertz CT molecular complexity index is 707. The third-order valence-corrected chi connectivity index (χ3v) is 3.23. The van der Waals surface area contributed by atoms with E-state index in [0.29, 0.717) is 18.0 Å². The lowest BCUT2D eigenvalue weighted by atomic mass is 10.1. The van der Waals surface area contributed by atoms with E-state index in [1.165, 1.54) is 0 Å². The number of nitrogen functional groups attached to an aromatic ring is 1. The van der Waals surface area contributed by atoms with Gasteiger partial charge in [-0.25, -0.2) is 0 Å². The van der Waals surface area contributed by atoms with Crippen molar-refractivity contribution in [2.24, 2.45) is 0 Å². The van der Waals surface area contributed by atoms with Crippen molar-refractivity contribution in [2.45, 2.75) is 13.0 Å². The lowest BCUT2D eigenvalue weighted by Gasteiger charge is -2.09. The molecule has 0 atom stereocenters. The van der Waals surface area contributed by atoms with Crippen molar-refractivity contribution < 1.29 is 14.2 Å². The average Bonchev–Trinajstić information content (AvgIpc) is 2.96. The van der Waals surface area contributed by atoms with E-state index in [0.717, 1.165) is 22.6 Å². The number of nitrogens with two attached hydrogens (primary N) is 1. The van der Waals surface area contributed by atoms with E-state index in [4.69, 9.17) is 25.2 Å². The SMILES string of the molecule is N#CCc1cc(OCc2ccc3c(c2)OCO3)ccc1N. The standard InChI is InChI=1S/C16H14N2O3/c17-6-5-12-8-13(2-3-14(12)18)19-9-11-1-4-15-16(7-11)21-10-20-15/h1-4,7-8H,5,9-10,18H2. The van der Waals surface area contributed by atoms with Crippen molar-refractivity contribution in [1.82, 2.24) is 0 Å². The molecule has 0 fully saturated rings. The van der Waals surface area contributed by atoms with E-state index in [-0.39, 0.29) is 13.2 Å². The molecular weight excluding hydrogens is 268 g/mol. The van der Waals surface area contributed by atoms with E-state index >= 15 is 0 Å². The zero-order valence-corrected chi connectivity index (χ0v) is 11.3. The number of nitriles is 1. The number of fused-ring (bicyclic) bond motifs is 1. The Morgan fingerprint density at radius 1 is 1.14 bits per heavy atom. The fourth-order valence-electron chi connectivity index (χ4n) is 2.11. The highest BCUT2D eigenvalue weighted by Gasteiger charge is 2.13. The first-order valence-corrected chi connectivity index (χ1v) is 6.53. The van der Waals surface area contributed by atoms with Gasteiger partial charge in [0, 0.05) is 5.69 Å². The molecule has 5 heteroatoms. The quantitative estimate of drug-likeness (QED) is 0.872. The number of anilines is 1. The van der Waals surface area contributed by atoms with Crippen LogP contribution in [0.4, 0.5) is 5.69 Å². The second kappa shape index (κ2) is 5.63. The smallest absolute Gasteiger partial charge is 0.231 e. The Labute approximate surface area is 122 Å². The van der Waals surface area contributed by atoms with Gasteiger partial charge in [0.1, 0.15) is 12.4 Å². The molecule has 1 heterocycles. The lowest BCUT2D eigenvalue weighted by molar-refractivity contribution is 0.174. The van der Waals surface area contributed by atoms with Crippen LogP contribution in [0.1, 0.15) is 11.1 Å². The van der Waals surface area contributed by atoms with Gasteiger partial charge in [0.2, 0.25) is 6.79 Å². The maximum atomic E-state index is 8.76. The molecule has 0 aliphatic carbocycles. The van der Waals surface area contributed by atoms with Crippen LogP contribution in [-0.2, 0) is 13.0 Å². The molecule has 0 bridgehead atoms. The molecule has 21 heavy (non-hydrogen) atoms. The van der Waals surface area contributed by atoms with E-state index < -0.39 is 0 Å². The molecular formula is C16H14N2O3. The third kappa shape index (κ3) is 2.84. The first kappa shape index (κ1) is 13.1. The number of hydrogen-bond donors (Lipinski definition) is 1. The van der Waals surface area contributed by atoms with E-state index in [2.05, 4.69) is 6.07 Å². The summed E-state index contributed by atoms with van der Waals surface area (Å²) in [5.41, 5.74) is 8.17. The minimum Gasteiger partial charge on any atom is -0.489 e. The van der Waals surface area contributed by atoms with Gasteiger partial charge in [0.05, 0.1) is 12.5 Å². The molecule has 0 unspecified atom stereocenters. The summed E-state index contributed by atoms with van der Waals surface area (Å²) in [6.07, 6.45) is 0.271. The molecule has 106 valence electrons. The van der Waals surface area contributed by atoms with Gasteiger partial charge in [-0.1, -0.05) is 6.07 Å². The summed E-state index contributed by atoms with van der Waals surface area (Å²) < 4.78 is 16.3. The molecule has 0 aromatic heterocycles. The summed E-state index contributed by atoms with van der Waals surface area (Å²) >= 11 is 0. The maximum absolute atomic E-state index is 8.76. The van der Waals surface area contributed by atoms with Crippen molar-refractivity contribution in [3.63, 3.8) is 0 Å². The summed E-state index contributed by atoms with van der Waals surface area (Å²) in [4.78, 5) is 0. The molecule has 3 rings (SSSR count). The monoisotopic (exact) mass is 282 g/mol. The minimum atomic E-state index is 0.259. The maximum Gasteiger partial charge on any atom is 0.231 e. The number of hydrogen-bond acceptors (Lipinski definition) is 5. The van der Waals surface area contributed by atoms with Crippen molar-refractivity contribution >= 4 is 5.69 Å². The molecule has 0 radical (unpaired) electrons. The molecule has 2 aromatic carbocycles. The molecule has 0 amide bonds. The van der Waals surface area contributed by atoms with Gasteiger partial charge in [-0.3, -0.25) is 0 Å². The molecule has 5 nitrogen and oxygen atoms in total. The second-order valence-electron chi connectivity index (χ2n) is 4.67. The van der Waals surface area contributed by atoms with Crippen LogP contribution < -0.4 is 19.9 Å². The van der Waals surface area contributed by atoms with E-state index in [1.807, 2.05) is 18.2 Å². The van der Waals surface area contributed by atoms with Gasteiger partial charge < -0.3 is 19.9 Å². The third-order valence-electron chi connectivity index (χ3n) is 3.23. The Balaban J connectivity index is 1.70. The van der Waals surface area contributed by atoms with E-state index in [1.54, 1.807) is 18.2 Å². The Morgan fingerprint density at radius 3 is 2.86 bits per heavy atom. The van der Waals surface area contributed by atoms with Crippen molar-refractivity contribution in [3.8, 4) is 23.3 Å². The first-order valence-electron chi connectivity index (χ1n) is 6.53. The topological polar surface area (TPSA) is 77.5 Å². The van der Waals surface area contributed by atoms with Crippen LogP contribution in [0.25, 0.3) is 0 Å². The zero-order valence-electron chi connectivity index (χ0n) is 11.3. The molecule has 0 saturated heterocycles. The largest absolute Gasteiger partial charge is 0.489 e. The van der Waals surface area contributed by atoms with Crippen LogP contribution in [0.5, 0.6) is 17.2 Å².